The van der Waals surface area contributed by atoms with Crippen molar-refractivity contribution in [1.82, 2.24) is 9.88 Å². The number of hydrogen-bond donors (Lipinski definition) is 0. The van der Waals surface area contributed by atoms with Gasteiger partial charge in [0.1, 0.15) is 17.7 Å². The summed E-state index contributed by atoms with van der Waals surface area (Å²) in [6.45, 7) is 4.46. The first-order valence-corrected chi connectivity index (χ1v) is 13.0. The predicted molar refractivity (Wildman–Crippen MR) is 137 cm³/mol. The summed E-state index contributed by atoms with van der Waals surface area (Å²) in [6, 6.07) is 13.8. The first-order valence-electron chi connectivity index (χ1n) is 13.0. The summed E-state index contributed by atoms with van der Waals surface area (Å²) >= 11 is 0. The van der Waals surface area contributed by atoms with Gasteiger partial charge in [-0.05, 0) is 85.0 Å². The smallest absolute Gasteiger partial charge is 0.550 e. The van der Waals surface area contributed by atoms with Gasteiger partial charge in [-0.25, -0.2) is 9.37 Å². The zero-order valence-electron chi connectivity index (χ0n) is 22.3. The molecule has 1 fully saturated rings. The number of aliphatic carboxylic acids is 1. The second-order valence-electron chi connectivity index (χ2n) is 10.1. The summed E-state index contributed by atoms with van der Waals surface area (Å²) in [5.41, 5.74) is 5.47. The molecule has 0 amide bonds. The number of pyridine rings is 1. The number of carbonyl (C=O) groups excluding carboxylic acids is 1. The number of carboxylic acid groups (broad SMARTS) is 1. The molecule has 0 N–H and O–H groups in total. The molecule has 0 saturated carbocycles. The van der Waals surface area contributed by atoms with Crippen molar-refractivity contribution in [2.75, 3.05) is 20.2 Å². The van der Waals surface area contributed by atoms with E-state index in [1.807, 2.05) is 30.3 Å². The maximum absolute atomic E-state index is 14.9. The van der Waals surface area contributed by atoms with Gasteiger partial charge in [-0.3, -0.25) is 4.90 Å². The number of carboxylic acids is 1. The molecule has 2 unspecified atom stereocenters. The Morgan fingerprint density at radius 2 is 1.97 bits per heavy atom. The molecule has 1 saturated heterocycles. The van der Waals surface area contributed by atoms with Crippen molar-refractivity contribution in [3.8, 4) is 22.8 Å². The van der Waals surface area contributed by atoms with Gasteiger partial charge in [0.05, 0.1) is 13.3 Å². The predicted octanol–water partition coefficient (Wildman–Crippen LogP) is 1.49. The van der Waals surface area contributed by atoms with Crippen molar-refractivity contribution < 1.29 is 53.3 Å². The summed E-state index contributed by atoms with van der Waals surface area (Å²) in [5, 5.41) is 11.2. The summed E-state index contributed by atoms with van der Waals surface area (Å²) in [7, 11) is 1.53. The van der Waals surface area contributed by atoms with Gasteiger partial charge in [-0.2, -0.15) is 0 Å². The van der Waals surface area contributed by atoms with Crippen LogP contribution >= 0.6 is 0 Å². The molecule has 2 aromatic carbocycles. The number of rotatable bonds is 8. The molecule has 1 aromatic heterocycles. The van der Waals surface area contributed by atoms with Gasteiger partial charge in [0, 0.05) is 24.1 Å². The summed E-state index contributed by atoms with van der Waals surface area (Å²) in [6.07, 6.45) is 5.53. The van der Waals surface area contributed by atoms with E-state index in [-0.39, 0.29) is 41.5 Å². The topological polar surface area (TPSA) is 74.7 Å². The molecule has 2 atom stereocenters. The van der Waals surface area contributed by atoms with Gasteiger partial charge >= 0.3 is 29.6 Å². The Balaban J connectivity index is 0.00000336. The van der Waals surface area contributed by atoms with Crippen molar-refractivity contribution in [1.29, 1.82) is 0 Å². The Kier molecular flexibility index (Phi) is 9.47. The standard InChI is InChI=1S/C30H33FN2O4.Na/c1-19(30(34)35)13-20-5-6-21-8-10-27(37-28(21)14-20)22-7-9-24(23(15-22)18-33-11-3-4-12-33)25-16-29(36-2)32-17-26(25)31;/h5-7,9,14-17,19,27H,3-4,8,10-13,18H2,1-2H3,(H,34,35);/q;+1/p-1. The van der Waals surface area contributed by atoms with Crippen LogP contribution in [0, 0.1) is 11.7 Å². The van der Waals surface area contributed by atoms with E-state index in [1.165, 1.54) is 26.1 Å². The Labute approximate surface area is 245 Å². The molecular weight excluding hydrogens is 494 g/mol. The van der Waals surface area contributed by atoms with Crippen molar-refractivity contribution in [3.63, 3.8) is 0 Å². The number of methoxy groups -OCH3 is 1. The van der Waals surface area contributed by atoms with E-state index < -0.39 is 11.9 Å². The largest absolute Gasteiger partial charge is 1.00 e. The molecule has 8 heteroatoms. The van der Waals surface area contributed by atoms with E-state index in [2.05, 4.69) is 16.0 Å². The zero-order chi connectivity index (χ0) is 25.9. The van der Waals surface area contributed by atoms with E-state index in [0.717, 1.165) is 66.0 Å². The fourth-order valence-corrected chi connectivity index (χ4v) is 5.34. The van der Waals surface area contributed by atoms with Crippen LogP contribution in [0.2, 0.25) is 0 Å². The van der Waals surface area contributed by atoms with Crippen molar-refractivity contribution >= 4 is 5.97 Å². The van der Waals surface area contributed by atoms with E-state index >= 15 is 0 Å². The second kappa shape index (κ2) is 12.6. The average Bonchev–Trinajstić information content (AvgIpc) is 3.42. The molecule has 5 rings (SSSR count). The normalized spacial score (nSPS) is 17.7. The van der Waals surface area contributed by atoms with Crippen LogP contribution in [0.1, 0.15) is 54.5 Å². The fraction of sp³-hybridized carbons (Fsp3) is 0.400. The molecule has 38 heavy (non-hydrogen) atoms. The molecule has 0 radical (unpaired) electrons. The van der Waals surface area contributed by atoms with E-state index in [1.54, 1.807) is 13.0 Å². The zero-order valence-corrected chi connectivity index (χ0v) is 24.3. The van der Waals surface area contributed by atoms with Crippen LogP contribution in [-0.2, 0) is 24.2 Å². The first-order chi connectivity index (χ1) is 17.9. The number of nitrogens with zero attached hydrogens (tertiary/aromatic N) is 2. The van der Waals surface area contributed by atoms with E-state index in [4.69, 9.17) is 9.47 Å². The molecule has 0 bridgehead atoms. The van der Waals surface area contributed by atoms with Gasteiger partial charge < -0.3 is 19.4 Å². The molecule has 2 aliphatic heterocycles. The number of ether oxygens (including phenoxy) is 2. The number of aryl methyl sites for hydroxylation is 1. The molecular formula is C30H32FN2NaO4. The summed E-state index contributed by atoms with van der Waals surface area (Å²) in [5.74, 6) is -0.814. The van der Waals surface area contributed by atoms with Crippen LogP contribution in [-0.4, -0.2) is 36.1 Å². The van der Waals surface area contributed by atoms with Crippen molar-refractivity contribution in [3.05, 3.63) is 76.7 Å². The van der Waals surface area contributed by atoms with Gasteiger partial charge in [0.25, 0.3) is 0 Å². The quantitative estimate of drug-likeness (QED) is 0.414. The van der Waals surface area contributed by atoms with Crippen molar-refractivity contribution in [2.45, 2.75) is 51.7 Å². The molecule has 3 heterocycles. The summed E-state index contributed by atoms with van der Waals surface area (Å²) in [4.78, 5) is 17.6. The van der Waals surface area contributed by atoms with Crippen molar-refractivity contribution in [2.24, 2.45) is 5.92 Å². The number of benzene rings is 2. The average molecular weight is 527 g/mol. The fourth-order valence-electron chi connectivity index (χ4n) is 5.34. The number of halogens is 1. The van der Waals surface area contributed by atoms with Crippen LogP contribution in [0.15, 0.2) is 48.7 Å². The number of carbonyl (C=O) groups is 1. The Hall–Kier alpha value is -2.45. The third-order valence-corrected chi connectivity index (χ3v) is 7.44. The van der Waals surface area contributed by atoms with Crippen LogP contribution in [0.25, 0.3) is 11.1 Å². The maximum atomic E-state index is 14.9. The van der Waals surface area contributed by atoms with Gasteiger partial charge in [0.2, 0.25) is 5.88 Å². The third-order valence-electron chi connectivity index (χ3n) is 7.44. The Bertz CT molecular complexity index is 1300. The number of hydrogen-bond acceptors (Lipinski definition) is 6. The Morgan fingerprint density at radius 1 is 1.18 bits per heavy atom. The van der Waals surface area contributed by atoms with Gasteiger partial charge in [-0.1, -0.05) is 37.3 Å². The summed E-state index contributed by atoms with van der Waals surface area (Å²) < 4.78 is 26.6. The van der Waals surface area contributed by atoms with Crippen LogP contribution in [0.4, 0.5) is 4.39 Å². The van der Waals surface area contributed by atoms with Crippen LogP contribution in [0.3, 0.4) is 0 Å². The monoisotopic (exact) mass is 526 g/mol. The van der Waals surface area contributed by atoms with Crippen LogP contribution in [0.5, 0.6) is 11.6 Å². The molecule has 6 nitrogen and oxygen atoms in total. The minimum Gasteiger partial charge on any atom is -0.550 e. The van der Waals surface area contributed by atoms with E-state index in [9.17, 15) is 14.3 Å². The molecule has 3 aromatic rings. The third kappa shape index (κ3) is 6.40. The minimum absolute atomic E-state index is 0. The molecule has 0 spiro atoms. The number of fused-ring (bicyclic) bond motifs is 1. The van der Waals surface area contributed by atoms with Crippen LogP contribution < -0.4 is 44.1 Å². The maximum Gasteiger partial charge on any atom is 1.00 e. The first kappa shape index (κ1) is 28.6. The minimum atomic E-state index is -1.05. The number of likely N-dealkylation sites (tertiary alicyclic amines) is 1. The second-order valence-corrected chi connectivity index (χ2v) is 10.1. The van der Waals surface area contributed by atoms with E-state index in [0.29, 0.717) is 17.9 Å². The SMILES string of the molecule is COc1cc(-c2ccc(C3CCc4ccc(CC(C)C(=O)[O-])cc4O3)cc2CN2CCCC2)c(F)cn1.[Na+]. The number of aromatic nitrogens is 1. The molecule has 194 valence electrons. The Morgan fingerprint density at radius 3 is 2.71 bits per heavy atom. The molecule has 2 aliphatic rings. The molecule has 0 aliphatic carbocycles. The van der Waals surface area contributed by atoms with Gasteiger partial charge in [0.15, 0.2) is 0 Å². The van der Waals surface area contributed by atoms with Gasteiger partial charge in [-0.15, -0.1) is 0 Å².